The first-order chi connectivity index (χ1) is 13.8. The molecular weight excluding hydrogens is 402 g/mol. The van der Waals surface area contributed by atoms with E-state index in [9.17, 15) is 8.42 Å². The van der Waals surface area contributed by atoms with E-state index < -0.39 is 16.1 Å². The largest absolute Gasteiger partial charge is 0.244 e. The van der Waals surface area contributed by atoms with Gasteiger partial charge in [0.25, 0.3) is 0 Å². The van der Waals surface area contributed by atoms with E-state index in [1.165, 1.54) is 0 Å². The van der Waals surface area contributed by atoms with Crippen LogP contribution >= 0.6 is 11.6 Å². The highest BCUT2D eigenvalue weighted by Crippen LogP contribution is 2.41. The first-order valence-corrected chi connectivity index (χ1v) is 11.4. The van der Waals surface area contributed by atoms with Crippen molar-refractivity contribution in [3.05, 3.63) is 101 Å². The van der Waals surface area contributed by atoms with Crippen molar-refractivity contribution in [2.24, 2.45) is 0 Å². The first kappa shape index (κ1) is 21.6. The molecule has 3 nitrogen and oxygen atoms in total. The van der Waals surface area contributed by atoms with Gasteiger partial charge < -0.3 is 0 Å². The molecule has 0 amide bonds. The highest BCUT2D eigenvalue weighted by atomic mass is 35.5. The van der Waals surface area contributed by atoms with E-state index in [4.69, 9.17) is 11.6 Å². The van der Waals surface area contributed by atoms with Crippen molar-refractivity contribution in [1.82, 2.24) is 4.31 Å². The number of hydrogen-bond donors (Lipinski definition) is 0. The minimum Gasteiger partial charge on any atom is -0.207 e. The van der Waals surface area contributed by atoms with E-state index in [-0.39, 0.29) is 6.04 Å². The molecule has 2 aromatic rings. The third-order valence-electron chi connectivity index (χ3n) is 5.29. The van der Waals surface area contributed by atoms with Crippen molar-refractivity contribution in [2.75, 3.05) is 0 Å². The lowest BCUT2D eigenvalue weighted by Crippen LogP contribution is -2.46. The van der Waals surface area contributed by atoms with Crippen molar-refractivity contribution in [3.8, 4) is 0 Å². The molecule has 1 aliphatic rings. The fourth-order valence-electron chi connectivity index (χ4n) is 3.89. The second-order valence-electron chi connectivity index (χ2n) is 7.33. The zero-order chi connectivity index (χ0) is 21.2. The second-order valence-corrected chi connectivity index (χ2v) is 9.58. The van der Waals surface area contributed by atoms with Crippen LogP contribution in [0.3, 0.4) is 0 Å². The van der Waals surface area contributed by atoms with Crippen LogP contribution in [0.5, 0.6) is 0 Å². The smallest absolute Gasteiger partial charge is 0.207 e. The van der Waals surface area contributed by atoms with Gasteiger partial charge in [0.15, 0.2) is 0 Å². The van der Waals surface area contributed by atoms with Gasteiger partial charge in [0.1, 0.15) is 0 Å². The predicted octanol–water partition coefficient (Wildman–Crippen LogP) is 6.23. The summed E-state index contributed by atoms with van der Waals surface area (Å²) in [6.45, 7) is 9.89. The molecule has 5 heteroatoms. The van der Waals surface area contributed by atoms with E-state index in [1.807, 2.05) is 57.2 Å². The Morgan fingerprint density at radius 2 is 1.79 bits per heavy atom. The fraction of sp³-hybridized carbons (Fsp3) is 0.250. The molecule has 0 saturated heterocycles. The number of sulfonamides is 1. The van der Waals surface area contributed by atoms with Crippen molar-refractivity contribution >= 4 is 21.6 Å². The van der Waals surface area contributed by atoms with E-state index in [0.29, 0.717) is 16.3 Å². The quantitative estimate of drug-likeness (QED) is 0.418. The Labute approximate surface area is 179 Å². The molecule has 1 aliphatic heterocycles. The molecule has 0 aliphatic carbocycles. The third kappa shape index (κ3) is 4.25. The van der Waals surface area contributed by atoms with Gasteiger partial charge in [-0.1, -0.05) is 72.3 Å². The van der Waals surface area contributed by atoms with Gasteiger partial charge in [-0.2, -0.15) is 4.31 Å². The van der Waals surface area contributed by atoms with Crippen molar-refractivity contribution < 1.29 is 8.42 Å². The molecule has 3 rings (SSSR count). The Hall–Kier alpha value is -2.14. The summed E-state index contributed by atoms with van der Waals surface area (Å²) >= 11 is 6.07. The Bertz CT molecular complexity index is 1070. The molecule has 0 aromatic heterocycles. The lowest BCUT2D eigenvalue weighted by Gasteiger charge is -2.41. The molecule has 1 heterocycles. The summed E-state index contributed by atoms with van der Waals surface area (Å²) in [6.07, 6.45) is 6.48. The topological polar surface area (TPSA) is 37.4 Å². The number of benzene rings is 2. The van der Waals surface area contributed by atoms with Crippen LogP contribution in [-0.4, -0.2) is 18.8 Å². The molecule has 2 aromatic carbocycles. The molecule has 0 unspecified atom stereocenters. The third-order valence-corrected chi connectivity index (χ3v) is 7.58. The van der Waals surface area contributed by atoms with Crippen LogP contribution in [0.2, 0.25) is 5.02 Å². The molecule has 0 N–H and O–H groups in total. The molecule has 0 spiro atoms. The first-order valence-electron chi connectivity index (χ1n) is 9.60. The average Bonchev–Trinajstić information content (AvgIpc) is 2.68. The zero-order valence-electron chi connectivity index (χ0n) is 17.0. The van der Waals surface area contributed by atoms with Gasteiger partial charge in [0, 0.05) is 5.02 Å². The van der Waals surface area contributed by atoms with Crippen LogP contribution in [0.1, 0.15) is 37.4 Å². The SMILES string of the molecule is C=C(/C=C\C)[C@H]1C(C)=CC[C@@H](c2ccc(Cl)cc2)N1S(=O)(=O)c1ccccc1C. The molecule has 0 bridgehead atoms. The monoisotopic (exact) mass is 427 g/mol. The maximum Gasteiger partial charge on any atom is 0.244 e. The number of nitrogens with zero attached hydrogens (tertiary/aromatic N) is 1. The number of rotatable bonds is 5. The van der Waals surface area contributed by atoms with Crippen LogP contribution in [0, 0.1) is 6.92 Å². The minimum absolute atomic E-state index is 0.326. The standard InChI is InChI=1S/C24H26ClNO2S/c1-5-8-18(3)24-19(4)11-16-22(20-12-14-21(25)15-13-20)26(24)29(27,28)23-10-7-6-9-17(23)2/h5-15,22,24H,3,16H2,1-2,4H3/b8-5-/t22-,24-/m0/s1. The molecular formula is C24H26ClNO2S. The summed E-state index contributed by atoms with van der Waals surface area (Å²) < 4.78 is 29.5. The highest BCUT2D eigenvalue weighted by Gasteiger charge is 2.41. The van der Waals surface area contributed by atoms with Gasteiger partial charge in [-0.25, -0.2) is 8.42 Å². The summed E-state index contributed by atoms with van der Waals surface area (Å²) in [5, 5.41) is 0.625. The van der Waals surface area contributed by atoms with Crippen LogP contribution in [-0.2, 0) is 10.0 Å². The average molecular weight is 428 g/mol. The predicted molar refractivity (Wildman–Crippen MR) is 121 cm³/mol. The van der Waals surface area contributed by atoms with Crippen molar-refractivity contribution in [3.63, 3.8) is 0 Å². The molecule has 0 fully saturated rings. The Kier molecular flexibility index (Phi) is 6.47. The Morgan fingerprint density at radius 1 is 1.14 bits per heavy atom. The number of allylic oxidation sites excluding steroid dienone is 1. The zero-order valence-corrected chi connectivity index (χ0v) is 18.5. The summed E-state index contributed by atoms with van der Waals surface area (Å²) in [4.78, 5) is 0.326. The molecule has 0 saturated carbocycles. The Morgan fingerprint density at radius 3 is 2.41 bits per heavy atom. The normalized spacial score (nSPS) is 20.6. The van der Waals surface area contributed by atoms with Gasteiger partial charge in [-0.3, -0.25) is 0 Å². The lowest BCUT2D eigenvalue weighted by molar-refractivity contribution is 0.284. The second kappa shape index (κ2) is 8.70. The van der Waals surface area contributed by atoms with Crippen LogP contribution in [0.25, 0.3) is 0 Å². The van der Waals surface area contributed by atoms with Gasteiger partial charge in [0.2, 0.25) is 10.0 Å². The highest BCUT2D eigenvalue weighted by molar-refractivity contribution is 7.89. The van der Waals surface area contributed by atoms with Crippen LogP contribution in [0.4, 0.5) is 0 Å². The summed E-state index contributed by atoms with van der Waals surface area (Å²) in [5.41, 5.74) is 3.37. The van der Waals surface area contributed by atoms with Crippen molar-refractivity contribution in [2.45, 2.75) is 44.2 Å². The molecule has 0 radical (unpaired) electrons. The summed E-state index contributed by atoms with van der Waals surface area (Å²) in [5.74, 6) is 0. The minimum atomic E-state index is -3.78. The molecule has 29 heavy (non-hydrogen) atoms. The number of halogens is 1. The van der Waals surface area contributed by atoms with E-state index in [2.05, 4.69) is 12.7 Å². The van der Waals surface area contributed by atoms with Crippen molar-refractivity contribution in [1.29, 1.82) is 0 Å². The maximum atomic E-state index is 13.9. The number of aryl methyl sites for hydroxylation is 1. The van der Waals surface area contributed by atoms with E-state index >= 15 is 0 Å². The van der Waals surface area contributed by atoms with Gasteiger partial charge in [-0.15, -0.1) is 0 Å². The Balaban J connectivity index is 2.22. The van der Waals surface area contributed by atoms with E-state index in [1.54, 1.807) is 28.6 Å². The fourth-order valence-corrected chi connectivity index (χ4v) is 6.09. The lowest BCUT2D eigenvalue weighted by atomic mass is 9.90. The van der Waals surface area contributed by atoms with E-state index in [0.717, 1.165) is 22.3 Å². The van der Waals surface area contributed by atoms with Gasteiger partial charge >= 0.3 is 0 Å². The maximum absolute atomic E-state index is 13.9. The molecule has 152 valence electrons. The van der Waals surface area contributed by atoms with Crippen LogP contribution in [0.15, 0.2) is 89.4 Å². The summed E-state index contributed by atoms with van der Waals surface area (Å²) in [7, 11) is -3.78. The number of hydrogen-bond acceptors (Lipinski definition) is 2. The molecule has 2 atom stereocenters. The summed E-state index contributed by atoms with van der Waals surface area (Å²) in [6, 6.07) is 13.7. The van der Waals surface area contributed by atoms with Gasteiger partial charge in [0.05, 0.1) is 17.0 Å². The van der Waals surface area contributed by atoms with Gasteiger partial charge in [-0.05, 0) is 62.1 Å². The van der Waals surface area contributed by atoms with Crippen LogP contribution < -0.4 is 0 Å².